The molecule has 1 rings (SSSR count). The Hall–Kier alpha value is -1.10. The van der Waals surface area contributed by atoms with Gasteiger partial charge < -0.3 is 9.80 Å². The Bertz CT molecular complexity index is 276. The van der Waals surface area contributed by atoms with Crippen LogP contribution < -0.4 is 0 Å². The van der Waals surface area contributed by atoms with Gasteiger partial charge in [-0.15, -0.1) is 0 Å². The number of carbonyl (C=O) groups is 2. The van der Waals surface area contributed by atoms with Gasteiger partial charge >= 0.3 is 0 Å². The number of nitrogens with zero attached hydrogens (tertiary/aromatic N) is 3. The van der Waals surface area contributed by atoms with Crippen LogP contribution in [0.4, 0.5) is 0 Å². The molecule has 0 spiro atoms. The third kappa shape index (κ3) is 2.95. The number of amides is 2. The van der Waals surface area contributed by atoms with Crippen LogP contribution in [-0.4, -0.2) is 73.8 Å². The molecule has 5 nitrogen and oxygen atoms in total. The minimum absolute atomic E-state index is 0.0541. The lowest BCUT2D eigenvalue weighted by molar-refractivity contribution is -0.135. The molecule has 0 radical (unpaired) electrons. The van der Waals surface area contributed by atoms with Gasteiger partial charge in [0.25, 0.3) is 0 Å². The fourth-order valence-corrected chi connectivity index (χ4v) is 1.91. The fourth-order valence-electron chi connectivity index (χ4n) is 1.91. The highest BCUT2D eigenvalue weighted by Crippen LogP contribution is 2.18. The summed E-state index contributed by atoms with van der Waals surface area (Å²) in [7, 11) is 6.99. The molecular formula is C11H21N3O2. The summed E-state index contributed by atoms with van der Waals surface area (Å²) in [6.45, 7) is 1.18. The zero-order valence-corrected chi connectivity index (χ0v) is 10.6. The molecule has 0 saturated carbocycles. The van der Waals surface area contributed by atoms with Crippen LogP contribution in [0.1, 0.15) is 12.8 Å². The number of likely N-dealkylation sites (tertiary alicyclic amines) is 1. The normalized spacial score (nSPS) is 20.9. The first-order valence-electron chi connectivity index (χ1n) is 5.59. The molecule has 1 saturated heterocycles. The Morgan fingerprint density at radius 3 is 2.31 bits per heavy atom. The molecule has 1 fully saturated rings. The minimum Gasteiger partial charge on any atom is -0.348 e. The second-order valence-electron chi connectivity index (χ2n) is 4.65. The summed E-state index contributed by atoms with van der Waals surface area (Å²) < 4.78 is 0. The second kappa shape index (κ2) is 5.30. The van der Waals surface area contributed by atoms with Crippen molar-refractivity contribution in [3.05, 3.63) is 0 Å². The van der Waals surface area contributed by atoms with E-state index >= 15 is 0 Å². The predicted molar refractivity (Wildman–Crippen MR) is 62.0 cm³/mol. The van der Waals surface area contributed by atoms with Crippen molar-refractivity contribution >= 4 is 11.8 Å². The van der Waals surface area contributed by atoms with E-state index in [1.165, 1.54) is 0 Å². The predicted octanol–water partition coefficient (Wildman–Crippen LogP) is -0.373. The third-order valence-corrected chi connectivity index (χ3v) is 2.93. The van der Waals surface area contributed by atoms with E-state index in [0.29, 0.717) is 6.54 Å². The van der Waals surface area contributed by atoms with E-state index in [1.807, 2.05) is 4.90 Å². The van der Waals surface area contributed by atoms with Gasteiger partial charge in [0.15, 0.2) is 0 Å². The van der Waals surface area contributed by atoms with E-state index in [9.17, 15) is 9.59 Å². The molecule has 1 unspecified atom stereocenters. The SMILES string of the molecule is CN(C)C(=O)CN1CCCC1C(=O)N(C)C. The van der Waals surface area contributed by atoms with Gasteiger partial charge in [-0.05, 0) is 19.4 Å². The molecule has 5 heteroatoms. The van der Waals surface area contributed by atoms with E-state index in [0.717, 1.165) is 19.4 Å². The van der Waals surface area contributed by atoms with Gasteiger partial charge in [-0.3, -0.25) is 14.5 Å². The Morgan fingerprint density at radius 2 is 1.81 bits per heavy atom. The number of hydrogen-bond donors (Lipinski definition) is 0. The lowest BCUT2D eigenvalue weighted by Gasteiger charge is -2.26. The van der Waals surface area contributed by atoms with Crippen LogP contribution in [0.25, 0.3) is 0 Å². The van der Waals surface area contributed by atoms with Crippen molar-refractivity contribution in [2.24, 2.45) is 0 Å². The molecule has 0 bridgehead atoms. The van der Waals surface area contributed by atoms with Gasteiger partial charge in [0, 0.05) is 28.2 Å². The maximum atomic E-state index is 11.9. The summed E-state index contributed by atoms with van der Waals surface area (Å²) in [6, 6.07) is -0.112. The van der Waals surface area contributed by atoms with Crippen LogP contribution >= 0.6 is 0 Å². The van der Waals surface area contributed by atoms with Gasteiger partial charge in [-0.1, -0.05) is 0 Å². The van der Waals surface area contributed by atoms with Crippen LogP contribution in [0.3, 0.4) is 0 Å². The third-order valence-electron chi connectivity index (χ3n) is 2.93. The van der Waals surface area contributed by atoms with Crippen molar-refractivity contribution in [3.8, 4) is 0 Å². The summed E-state index contributed by atoms with van der Waals surface area (Å²) in [4.78, 5) is 28.6. The molecule has 0 aliphatic carbocycles. The Kier molecular flexibility index (Phi) is 4.29. The van der Waals surface area contributed by atoms with Crippen molar-refractivity contribution in [3.63, 3.8) is 0 Å². The highest BCUT2D eigenvalue weighted by atomic mass is 16.2. The molecule has 2 amide bonds. The maximum absolute atomic E-state index is 11.9. The smallest absolute Gasteiger partial charge is 0.239 e. The molecule has 1 aliphatic heterocycles. The van der Waals surface area contributed by atoms with E-state index < -0.39 is 0 Å². The average Bonchev–Trinajstić information content (AvgIpc) is 2.64. The van der Waals surface area contributed by atoms with Crippen molar-refractivity contribution in [2.75, 3.05) is 41.3 Å². The highest BCUT2D eigenvalue weighted by molar-refractivity contribution is 5.83. The summed E-state index contributed by atoms with van der Waals surface area (Å²) in [5.74, 6) is 0.155. The largest absolute Gasteiger partial charge is 0.348 e. The van der Waals surface area contributed by atoms with E-state index in [-0.39, 0.29) is 17.9 Å². The minimum atomic E-state index is -0.112. The summed E-state index contributed by atoms with van der Waals surface area (Å²) in [5, 5.41) is 0. The molecule has 16 heavy (non-hydrogen) atoms. The van der Waals surface area contributed by atoms with E-state index in [1.54, 1.807) is 38.0 Å². The quantitative estimate of drug-likeness (QED) is 0.660. The second-order valence-corrected chi connectivity index (χ2v) is 4.65. The van der Waals surface area contributed by atoms with Crippen LogP contribution in [0.5, 0.6) is 0 Å². The van der Waals surface area contributed by atoms with Crippen molar-refractivity contribution in [2.45, 2.75) is 18.9 Å². The first kappa shape index (κ1) is 13.0. The molecule has 0 aromatic heterocycles. The van der Waals surface area contributed by atoms with E-state index in [2.05, 4.69) is 0 Å². The Morgan fingerprint density at radius 1 is 1.19 bits per heavy atom. The molecule has 0 aromatic carbocycles. The number of likely N-dealkylation sites (N-methyl/N-ethyl adjacent to an activating group) is 2. The van der Waals surface area contributed by atoms with Crippen molar-refractivity contribution in [1.82, 2.24) is 14.7 Å². The van der Waals surface area contributed by atoms with Gasteiger partial charge in [0.2, 0.25) is 11.8 Å². The molecule has 0 aromatic rings. The van der Waals surface area contributed by atoms with Gasteiger partial charge in [0.1, 0.15) is 0 Å². The lowest BCUT2D eigenvalue weighted by atomic mass is 10.2. The monoisotopic (exact) mass is 227 g/mol. The number of hydrogen-bond acceptors (Lipinski definition) is 3. The molecule has 1 aliphatic rings. The summed E-state index contributed by atoms with van der Waals surface area (Å²) >= 11 is 0. The standard InChI is InChI=1S/C11H21N3O2/c1-12(2)10(15)8-14-7-5-6-9(14)11(16)13(3)4/h9H,5-8H2,1-4H3. The fraction of sp³-hybridized carbons (Fsp3) is 0.818. The molecule has 0 N–H and O–H groups in total. The van der Waals surface area contributed by atoms with Crippen LogP contribution in [0, 0.1) is 0 Å². The van der Waals surface area contributed by atoms with Crippen molar-refractivity contribution in [1.29, 1.82) is 0 Å². The lowest BCUT2D eigenvalue weighted by Crippen LogP contribution is -2.46. The Labute approximate surface area is 97.0 Å². The van der Waals surface area contributed by atoms with Gasteiger partial charge in [0.05, 0.1) is 12.6 Å². The zero-order chi connectivity index (χ0) is 12.3. The Balaban J connectivity index is 2.59. The summed E-state index contributed by atoms with van der Waals surface area (Å²) in [6.07, 6.45) is 1.85. The summed E-state index contributed by atoms with van der Waals surface area (Å²) in [5.41, 5.74) is 0. The maximum Gasteiger partial charge on any atom is 0.239 e. The van der Waals surface area contributed by atoms with Crippen LogP contribution in [0.15, 0.2) is 0 Å². The van der Waals surface area contributed by atoms with Crippen molar-refractivity contribution < 1.29 is 9.59 Å². The van der Waals surface area contributed by atoms with E-state index in [4.69, 9.17) is 0 Å². The molecular weight excluding hydrogens is 206 g/mol. The average molecular weight is 227 g/mol. The highest BCUT2D eigenvalue weighted by Gasteiger charge is 2.32. The first-order chi connectivity index (χ1) is 7.43. The molecule has 1 atom stereocenters. The van der Waals surface area contributed by atoms with Crippen LogP contribution in [-0.2, 0) is 9.59 Å². The molecule has 92 valence electrons. The first-order valence-corrected chi connectivity index (χ1v) is 5.59. The zero-order valence-electron chi connectivity index (χ0n) is 10.6. The number of carbonyl (C=O) groups excluding carboxylic acids is 2. The molecule has 1 heterocycles. The number of rotatable bonds is 3. The van der Waals surface area contributed by atoms with Gasteiger partial charge in [-0.2, -0.15) is 0 Å². The van der Waals surface area contributed by atoms with Gasteiger partial charge in [-0.25, -0.2) is 0 Å². The topological polar surface area (TPSA) is 43.9 Å². The van der Waals surface area contributed by atoms with Crippen LogP contribution in [0.2, 0.25) is 0 Å².